The molecular weight excluding hydrogens is 340 g/mol. The molecule has 3 nitrogen and oxygen atoms in total. The highest BCUT2D eigenvalue weighted by Crippen LogP contribution is 2.30. The van der Waals surface area contributed by atoms with Crippen molar-refractivity contribution in [1.29, 1.82) is 0 Å². The normalized spacial score (nSPS) is 11.2. The molecule has 2 aromatic heterocycles. The maximum Gasteiger partial charge on any atom is 0.267 e. The van der Waals surface area contributed by atoms with Crippen LogP contribution < -0.4 is 5.56 Å². The van der Waals surface area contributed by atoms with Crippen LogP contribution in [0.1, 0.15) is 21.6 Å². The van der Waals surface area contributed by atoms with Gasteiger partial charge >= 0.3 is 0 Å². The molecule has 2 heterocycles. The Morgan fingerprint density at radius 3 is 2.04 bits per heavy atom. The largest absolute Gasteiger partial charge is 0.268 e. The quantitative estimate of drug-likeness (QED) is 0.483. The first-order chi connectivity index (χ1) is 12.5. The molecule has 0 saturated heterocycles. The Bertz CT molecular complexity index is 1170. The van der Waals surface area contributed by atoms with Gasteiger partial charge in [0.15, 0.2) is 0 Å². The first-order valence-corrected chi connectivity index (χ1v) is 9.44. The molecule has 0 saturated carbocycles. The molecule has 0 bridgehead atoms. The molecule has 26 heavy (non-hydrogen) atoms. The lowest BCUT2D eigenvalue weighted by Gasteiger charge is -2.13. The topological polar surface area (TPSA) is 34.9 Å². The highest BCUT2D eigenvalue weighted by molar-refractivity contribution is 7.18. The Morgan fingerprint density at radius 2 is 1.42 bits per heavy atom. The molecule has 0 unspecified atom stereocenters. The van der Waals surface area contributed by atoms with E-state index in [2.05, 4.69) is 19.1 Å². The van der Waals surface area contributed by atoms with Gasteiger partial charge in [0.2, 0.25) is 0 Å². The number of aromatic nitrogens is 2. The van der Waals surface area contributed by atoms with Crippen molar-refractivity contribution in [2.75, 3.05) is 0 Å². The van der Waals surface area contributed by atoms with Gasteiger partial charge in [0.05, 0.1) is 11.1 Å². The highest BCUT2D eigenvalue weighted by Gasteiger charge is 2.18. The zero-order valence-electron chi connectivity index (χ0n) is 15.3. The van der Waals surface area contributed by atoms with Gasteiger partial charge in [0, 0.05) is 10.4 Å². The number of nitrogens with zero attached hydrogens (tertiary/aromatic N) is 2. The molecule has 0 aliphatic rings. The molecule has 130 valence electrons. The van der Waals surface area contributed by atoms with Gasteiger partial charge in [-0.25, -0.2) is 4.98 Å². The van der Waals surface area contributed by atoms with E-state index in [1.165, 1.54) is 5.56 Å². The Hall–Kier alpha value is -2.72. The summed E-state index contributed by atoms with van der Waals surface area (Å²) in [7, 11) is 0. The van der Waals surface area contributed by atoms with Gasteiger partial charge in [-0.05, 0) is 45.4 Å². The molecule has 0 N–H and O–H groups in total. The lowest BCUT2D eigenvalue weighted by molar-refractivity contribution is 0.976. The van der Waals surface area contributed by atoms with Crippen molar-refractivity contribution >= 4 is 21.6 Å². The number of hydrogen-bond donors (Lipinski definition) is 0. The van der Waals surface area contributed by atoms with Crippen LogP contribution in [0.3, 0.4) is 0 Å². The molecule has 4 heteroatoms. The molecule has 0 aliphatic carbocycles. The minimum absolute atomic E-state index is 0.00345. The van der Waals surface area contributed by atoms with Crippen LogP contribution in [-0.2, 0) is 0 Å². The summed E-state index contributed by atoms with van der Waals surface area (Å²) in [5.41, 5.74) is 5.15. The van der Waals surface area contributed by atoms with Gasteiger partial charge in [-0.15, -0.1) is 11.3 Å². The van der Waals surface area contributed by atoms with Gasteiger partial charge in [0.1, 0.15) is 10.7 Å². The number of fused-ring (bicyclic) bond motifs is 1. The minimum Gasteiger partial charge on any atom is -0.268 e. The molecule has 0 amide bonds. The predicted octanol–water partition coefficient (Wildman–Crippen LogP) is 5.35. The van der Waals surface area contributed by atoms with Crippen molar-refractivity contribution in [2.24, 2.45) is 0 Å². The van der Waals surface area contributed by atoms with Gasteiger partial charge in [-0.3, -0.25) is 9.36 Å². The predicted molar refractivity (Wildman–Crippen MR) is 110 cm³/mol. The second-order valence-electron chi connectivity index (χ2n) is 6.74. The number of benzene rings is 2. The van der Waals surface area contributed by atoms with Crippen LogP contribution in [0.2, 0.25) is 0 Å². The van der Waals surface area contributed by atoms with E-state index in [1.54, 1.807) is 15.9 Å². The van der Waals surface area contributed by atoms with E-state index in [0.29, 0.717) is 5.82 Å². The Morgan fingerprint density at radius 1 is 0.846 bits per heavy atom. The summed E-state index contributed by atoms with van der Waals surface area (Å²) in [5.74, 6) is 0.688. The van der Waals surface area contributed by atoms with Crippen LogP contribution in [0, 0.1) is 27.7 Å². The van der Waals surface area contributed by atoms with Crippen molar-refractivity contribution < 1.29 is 0 Å². The first kappa shape index (κ1) is 16.7. The second kappa shape index (κ2) is 6.22. The fourth-order valence-electron chi connectivity index (χ4n) is 3.12. The van der Waals surface area contributed by atoms with Crippen LogP contribution in [0.5, 0.6) is 0 Å². The average molecular weight is 360 g/mol. The molecule has 4 aromatic rings. The maximum atomic E-state index is 13.4. The van der Waals surface area contributed by atoms with Crippen molar-refractivity contribution in [3.05, 3.63) is 80.5 Å². The Labute approximate surface area is 156 Å². The van der Waals surface area contributed by atoms with Crippen LogP contribution in [0.15, 0.2) is 53.3 Å². The Balaban J connectivity index is 2.11. The van der Waals surface area contributed by atoms with Gasteiger partial charge in [0.25, 0.3) is 5.56 Å². The fourth-order valence-corrected chi connectivity index (χ4v) is 4.14. The van der Waals surface area contributed by atoms with Crippen molar-refractivity contribution in [3.63, 3.8) is 0 Å². The summed E-state index contributed by atoms with van der Waals surface area (Å²) in [6.45, 7) is 8.14. The first-order valence-electron chi connectivity index (χ1n) is 8.62. The van der Waals surface area contributed by atoms with Crippen LogP contribution >= 0.6 is 11.3 Å². The number of aryl methyl sites for hydroxylation is 4. The lowest BCUT2D eigenvalue weighted by atomic mass is 10.1. The van der Waals surface area contributed by atoms with Crippen LogP contribution in [0.4, 0.5) is 0 Å². The van der Waals surface area contributed by atoms with E-state index in [-0.39, 0.29) is 5.56 Å². The molecule has 4 rings (SSSR count). The second-order valence-corrected chi connectivity index (χ2v) is 7.94. The molecule has 0 aliphatic heterocycles. The summed E-state index contributed by atoms with van der Waals surface area (Å²) < 4.78 is 1.74. The maximum absolute atomic E-state index is 13.4. The smallest absolute Gasteiger partial charge is 0.267 e. The van der Waals surface area contributed by atoms with Gasteiger partial charge in [-0.2, -0.15) is 0 Å². The third-order valence-electron chi connectivity index (χ3n) is 4.80. The van der Waals surface area contributed by atoms with E-state index in [1.807, 2.05) is 57.2 Å². The average Bonchev–Trinajstić information content (AvgIpc) is 2.91. The molecule has 2 aromatic carbocycles. The van der Waals surface area contributed by atoms with E-state index in [9.17, 15) is 4.79 Å². The fraction of sp³-hybridized carbons (Fsp3) is 0.182. The van der Waals surface area contributed by atoms with E-state index >= 15 is 0 Å². The molecule has 0 fully saturated rings. The summed E-state index contributed by atoms with van der Waals surface area (Å²) in [6.07, 6.45) is 0. The minimum atomic E-state index is -0.00345. The summed E-state index contributed by atoms with van der Waals surface area (Å²) in [5, 5.41) is 0.726. The number of rotatable bonds is 2. The summed E-state index contributed by atoms with van der Waals surface area (Å²) in [4.78, 5) is 20.3. The molecular formula is C22H20N2OS. The standard InChI is InChI=1S/C22H20N2OS/c1-13-5-9-17(10-6-13)20-23-21-19(15(3)16(4)26-21)22(25)24(20)18-11-7-14(2)8-12-18/h5-12H,1-4H3. The van der Waals surface area contributed by atoms with Gasteiger partial charge < -0.3 is 0 Å². The van der Waals surface area contributed by atoms with Crippen molar-refractivity contribution in [3.8, 4) is 17.1 Å². The van der Waals surface area contributed by atoms with E-state index < -0.39 is 0 Å². The highest BCUT2D eigenvalue weighted by atomic mass is 32.1. The SMILES string of the molecule is Cc1ccc(-c2nc3sc(C)c(C)c3c(=O)n2-c2ccc(C)cc2)cc1. The molecule has 0 atom stereocenters. The van der Waals surface area contributed by atoms with E-state index in [0.717, 1.165) is 37.5 Å². The third-order valence-corrected chi connectivity index (χ3v) is 5.91. The number of thiophene rings is 1. The van der Waals surface area contributed by atoms with Crippen molar-refractivity contribution in [2.45, 2.75) is 27.7 Å². The van der Waals surface area contributed by atoms with Crippen LogP contribution in [-0.4, -0.2) is 9.55 Å². The number of hydrogen-bond acceptors (Lipinski definition) is 3. The lowest BCUT2D eigenvalue weighted by Crippen LogP contribution is -2.21. The zero-order chi connectivity index (χ0) is 18.4. The summed E-state index contributed by atoms with van der Waals surface area (Å²) in [6, 6.07) is 16.2. The van der Waals surface area contributed by atoms with E-state index in [4.69, 9.17) is 4.98 Å². The zero-order valence-corrected chi connectivity index (χ0v) is 16.1. The molecule has 0 radical (unpaired) electrons. The Kier molecular flexibility index (Phi) is 4.00. The molecule has 0 spiro atoms. The van der Waals surface area contributed by atoms with Crippen LogP contribution in [0.25, 0.3) is 27.3 Å². The monoisotopic (exact) mass is 360 g/mol. The van der Waals surface area contributed by atoms with Crippen molar-refractivity contribution in [1.82, 2.24) is 9.55 Å². The van der Waals surface area contributed by atoms with Gasteiger partial charge in [-0.1, -0.05) is 47.5 Å². The third kappa shape index (κ3) is 2.67. The summed E-state index contributed by atoms with van der Waals surface area (Å²) >= 11 is 1.59.